The van der Waals surface area contributed by atoms with Crippen LogP contribution in [0.1, 0.15) is 6.92 Å². The minimum Gasteiger partial charge on any atom is -0.378 e. The molecular formula is C14H19N5S. The second-order valence-corrected chi connectivity index (χ2v) is 5.36. The first-order valence-corrected chi connectivity index (χ1v) is 6.92. The van der Waals surface area contributed by atoms with Crippen molar-refractivity contribution in [3.05, 3.63) is 36.9 Å². The second-order valence-electron chi connectivity index (χ2n) is 4.18. The normalized spacial score (nSPS) is 11.7. The van der Waals surface area contributed by atoms with Crippen LogP contribution in [0.5, 0.6) is 0 Å². The van der Waals surface area contributed by atoms with Crippen LogP contribution < -0.4 is 4.90 Å². The van der Waals surface area contributed by atoms with Crippen molar-refractivity contribution in [2.45, 2.75) is 6.92 Å². The molecule has 0 unspecified atom stereocenters. The van der Waals surface area contributed by atoms with Gasteiger partial charge in [-0.3, -0.25) is 10.4 Å². The Morgan fingerprint density at radius 1 is 1.35 bits per heavy atom. The first-order chi connectivity index (χ1) is 9.52. The van der Waals surface area contributed by atoms with Gasteiger partial charge >= 0.3 is 0 Å². The summed E-state index contributed by atoms with van der Waals surface area (Å²) >= 11 is 1.18. The average molecular weight is 289 g/mol. The number of amidine groups is 1. The van der Waals surface area contributed by atoms with E-state index in [1.165, 1.54) is 11.8 Å². The molecule has 1 rings (SSSR count). The molecule has 0 atom stereocenters. The highest BCUT2D eigenvalue weighted by molar-refractivity contribution is 8.26. The van der Waals surface area contributed by atoms with Gasteiger partial charge in [0.05, 0.1) is 17.3 Å². The van der Waals surface area contributed by atoms with Crippen molar-refractivity contribution >= 4 is 33.3 Å². The molecule has 1 N–H and O–H groups in total. The average Bonchev–Trinajstić information content (AvgIpc) is 2.41. The first-order valence-electron chi connectivity index (χ1n) is 6.10. The molecule has 0 heterocycles. The van der Waals surface area contributed by atoms with Crippen molar-refractivity contribution in [2.24, 2.45) is 15.2 Å². The minimum atomic E-state index is 0.426. The molecule has 0 fully saturated rings. The molecule has 0 aliphatic heterocycles. The highest BCUT2D eigenvalue weighted by Crippen LogP contribution is 2.19. The summed E-state index contributed by atoms with van der Waals surface area (Å²) in [6.07, 6.45) is 1.68. The van der Waals surface area contributed by atoms with E-state index in [-0.39, 0.29) is 0 Å². The molecular weight excluding hydrogens is 270 g/mol. The fourth-order valence-corrected chi connectivity index (χ4v) is 1.78. The number of hydrogen-bond acceptors (Lipinski definition) is 5. The third kappa shape index (κ3) is 5.79. The molecule has 0 bridgehead atoms. The number of azo groups is 1. The van der Waals surface area contributed by atoms with Crippen LogP contribution in [0.15, 0.2) is 52.1 Å². The Morgan fingerprint density at radius 2 is 2.00 bits per heavy atom. The fourth-order valence-electron chi connectivity index (χ4n) is 1.28. The molecule has 0 saturated heterocycles. The number of benzene rings is 1. The fraction of sp³-hybridized carbons (Fsp3) is 0.286. The molecule has 5 nitrogen and oxygen atoms in total. The summed E-state index contributed by atoms with van der Waals surface area (Å²) in [5, 5.41) is 16.6. The van der Waals surface area contributed by atoms with E-state index >= 15 is 0 Å². The number of aliphatic imine (C=N–C) groups is 1. The molecule has 0 spiro atoms. The van der Waals surface area contributed by atoms with E-state index in [1.54, 1.807) is 13.0 Å². The Hall–Kier alpha value is -1.95. The summed E-state index contributed by atoms with van der Waals surface area (Å²) in [4.78, 5) is 6.22. The van der Waals surface area contributed by atoms with Gasteiger partial charge in [-0.1, -0.05) is 6.08 Å². The van der Waals surface area contributed by atoms with Crippen LogP contribution in [0.3, 0.4) is 0 Å². The molecule has 1 aromatic carbocycles. The SMILES string of the molecule is C=CCN=C(N=Nc1ccc(N(C)C)cc1)SC(C)=N. The quantitative estimate of drug-likeness (QED) is 0.392. The molecule has 0 aromatic heterocycles. The lowest BCUT2D eigenvalue weighted by Gasteiger charge is -2.11. The summed E-state index contributed by atoms with van der Waals surface area (Å²) in [6.45, 7) is 5.77. The Bertz CT molecular complexity index is 517. The first kappa shape index (κ1) is 16.1. The summed E-state index contributed by atoms with van der Waals surface area (Å²) in [6, 6.07) is 7.74. The highest BCUT2D eigenvalue weighted by atomic mass is 32.2. The summed E-state index contributed by atoms with van der Waals surface area (Å²) in [7, 11) is 3.97. The second kappa shape index (κ2) is 8.27. The Kier molecular flexibility index (Phi) is 6.66. The zero-order valence-electron chi connectivity index (χ0n) is 12.0. The third-order valence-corrected chi connectivity index (χ3v) is 2.92. The van der Waals surface area contributed by atoms with Gasteiger partial charge in [0, 0.05) is 19.8 Å². The Balaban J connectivity index is 2.81. The number of thioether (sulfide) groups is 1. The van der Waals surface area contributed by atoms with E-state index in [0.29, 0.717) is 16.8 Å². The molecule has 20 heavy (non-hydrogen) atoms. The molecule has 0 radical (unpaired) electrons. The molecule has 0 saturated carbocycles. The van der Waals surface area contributed by atoms with Crippen molar-refractivity contribution in [3.8, 4) is 0 Å². The summed E-state index contributed by atoms with van der Waals surface area (Å²) < 4.78 is 0. The largest absolute Gasteiger partial charge is 0.378 e. The number of nitrogens with one attached hydrogen (secondary N) is 1. The Labute approximate surface area is 124 Å². The van der Waals surface area contributed by atoms with Gasteiger partial charge in [-0.2, -0.15) is 0 Å². The van der Waals surface area contributed by atoms with Gasteiger partial charge in [-0.15, -0.1) is 16.8 Å². The smallest absolute Gasteiger partial charge is 0.210 e. The van der Waals surface area contributed by atoms with Crippen molar-refractivity contribution in [1.82, 2.24) is 0 Å². The third-order valence-electron chi connectivity index (χ3n) is 2.22. The molecule has 6 heteroatoms. The van der Waals surface area contributed by atoms with Crippen LogP contribution in [0.25, 0.3) is 0 Å². The summed E-state index contributed by atoms with van der Waals surface area (Å²) in [5.74, 6) is 0. The van der Waals surface area contributed by atoms with Crippen molar-refractivity contribution in [3.63, 3.8) is 0 Å². The van der Waals surface area contributed by atoms with Crippen LogP contribution in [0.2, 0.25) is 0 Å². The predicted octanol–water partition coefficient (Wildman–Crippen LogP) is 4.11. The van der Waals surface area contributed by atoms with Gasteiger partial charge in [0.2, 0.25) is 5.17 Å². The zero-order chi connectivity index (χ0) is 15.0. The van der Waals surface area contributed by atoms with Crippen molar-refractivity contribution in [1.29, 1.82) is 5.41 Å². The van der Waals surface area contributed by atoms with Gasteiger partial charge < -0.3 is 4.90 Å². The van der Waals surface area contributed by atoms with Crippen molar-refractivity contribution in [2.75, 3.05) is 25.5 Å². The maximum absolute atomic E-state index is 7.47. The van der Waals surface area contributed by atoms with Gasteiger partial charge in [0.15, 0.2) is 0 Å². The maximum atomic E-state index is 7.47. The van der Waals surface area contributed by atoms with Gasteiger partial charge in [0.25, 0.3) is 0 Å². The van der Waals surface area contributed by atoms with E-state index in [9.17, 15) is 0 Å². The molecule has 106 valence electrons. The summed E-state index contributed by atoms with van der Waals surface area (Å²) in [5.41, 5.74) is 1.86. The molecule has 0 aliphatic carbocycles. The standard InChI is InChI=1S/C14H19N5S/c1-5-10-16-14(20-11(2)15)18-17-12-6-8-13(9-7-12)19(3)4/h5-9,15H,1,10H2,2-4H3. The van der Waals surface area contributed by atoms with Gasteiger partial charge in [-0.25, -0.2) is 0 Å². The monoisotopic (exact) mass is 289 g/mol. The topological polar surface area (TPSA) is 64.2 Å². The van der Waals surface area contributed by atoms with Gasteiger partial charge in [0.1, 0.15) is 0 Å². The zero-order valence-corrected chi connectivity index (χ0v) is 12.8. The predicted molar refractivity (Wildman–Crippen MR) is 88.8 cm³/mol. The highest BCUT2D eigenvalue weighted by Gasteiger charge is 2.00. The van der Waals surface area contributed by atoms with Crippen LogP contribution in [0.4, 0.5) is 11.4 Å². The van der Waals surface area contributed by atoms with Gasteiger partial charge in [-0.05, 0) is 43.0 Å². The van der Waals surface area contributed by atoms with E-state index in [1.807, 2.05) is 43.3 Å². The van der Waals surface area contributed by atoms with Crippen LogP contribution in [-0.4, -0.2) is 30.9 Å². The van der Waals surface area contributed by atoms with E-state index in [0.717, 1.165) is 11.4 Å². The number of rotatable bonds is 4. The number of hydrogen-bond donors (Lipinski definition) is 1. The van der Waals surface area contributed by atoms with Crippen LogP contribution in [-0.2, 0) is 0 Å². The van der Waals surface area contributed by atoms with E-state index in [4.69, 9.17) is 5.41 Å². The maximum Gasteiger partial charge on any atom is 0.210 e. The lowest BCUT2D eigenvalue weighted by atomic mass is 10.3. The number of nitrogens with zero attached hydrogens (tertiary/aromatic N) is 4. The van der Waals surface area contributed by atoms with Crippen LogP contribution in [0, 0.1) is 5.41 Å². The van der Waals surface area contributed by atoms with Crippen LogP contribution >= 0.6 is 11.8 Å². The van der Waals surface area contributed by atoms with Crippen molar-refractivity contribution < 1.29 is 0 Å². The lowest BCUT2D eigenvalue weighted by Crippen LogP contribution is -2.07. The lowest BCUT2D eigenvalue weighted by molar-refractivity contribution is 1.13. The number of anilines is 1. The molecule has 1 aromatic rings. The molecule has 0 amide bonds. The molecule has 0 aliphatic rings. The minimum absolute atomic E-state index is 0.426. The van der Waals surface area contributed by atoms with E-state index in [2.05, 4.69) is 21.8 Å². The van der Waals surface area contributed by atoms with E-state index < -0.39 is 0 Å². The Morgan fingerprint density at radius 3 is 2.50 bits per heavy atom.